The molecule has 0 saturated heterocycles. The predicted molar refractivity (Wildman–Crippen MR) is 108 cm³/mol. The van der Waals surface area contributed by atoms with Crippen LogP contribution in [-0.2, 0) is 0 Å². The molecule has 0 bridgehead atoms. The van der Waals surface area contributed by atoms with Gasteiger partial charge < -0.3 is 15.4 Å². The van der Waals surface area contributed by atoms with Crippen molar-refractivity contribution in [2.45, 2.75) is 12.8 Å². The topological polar surface area (TPSA) is 93.2 Å². The number of nitrogens with one attached hydrogen (secondary N) is 2. The summed E-state index contributed by atoms with van der Waals surface area (Å²) < 4.78 is 5.08. The number of hydrogen-bond donors (Lipinski definition) is 2. The first-order valence-electron chi connectivity index (χ1n) is 8.69. The van der Waals surface area contributed by atoms with Crippen LogP contribution in [-0.4, -0.2) is 35.7 Å². The fourth-order valence-corrected chi connectivity index (χ4v) is 3.14. The highest BCUT2D eigenvalue weighted by Gasteiger charge is 2.18. The fourth-order valence-electron chi connectivity index (χ4n) is 2.49. The fraction of sp³-hybridized carbons (Fsp3) is 0.200. The molecule has 0 spiro atoms. The van der Waals surface area contributed by atoms with E-state index < -0.39 is 5.91 Å². The molecule has 7 nitrogen and oxygen atoms in total. The minimum absolute atomic E-state index is 0.122. The summed E-state index contributed by atoms with van der Waals surface area (Å²) >= 11 is 0.952. The Balaban J connectivity index is 1.56. The minimum Gasteiger partial charge on any atom is -0.497 e. The molecule has 3 aromatic rings. The van der Waals surface area contributed by atoms with E-state index in [4.69, 9.17) is 4.74 Å². The smallest absolute Gasteiger partial charge is 0.286 e. The van der Waals surface area contributed by atoms with Crippen molar-refractivity contribution in [1.29, 1.82) is 0 Å². The number of rotatable bonds is 7. The molecule has 0 aliphatic heterocycles. The van der Waals surface area contributed by atoms with E-state index in [0.717, 1.165) is 16.9 Å². The monoisotopic (exact) mass is 396 g/mol. The van der Waals surface area contributed by atoms with E-state index in [-0.39, 0.29) is 21.8 Å². The van der Waals surface area contributed by atoms with Gasteiger partial charge >= 0.3 is 0 Å². The molecule has 1 heterocycles. The average molecular weight is 396 g/mol. The Bertz CT molecular complexity index is 942. The summed E-state index contributed by atoms with van der Waals surface area (Å²) in [7, 11) is 1.57. The lowest BCUT2D eigenvalue weighted by Crippen LogP contribution is -2.27. The number of nitrogens with zero attached hydrogens (tertiary/aromatic N) is 2. The van der Waals surface area contributed by atoms with E-state index in [2.05, 4.69) is 20.8 Å². The first-order chi connectivity index (χ1) is 13.6. The molecule has 0 radical (unpaired) electrons. The molecule has 2 aromatic carbocycles. The SMILES string of the molecule is COc1ccc(NC(=O)c2nnc(C(=O)NCC(C)c3ccccc3)s2)cc1. The third-order valence-corrected chi connectivity index (χ3v) is 5.02. The van der Waals surface area contributed by atoms with Crippen molar-refractivity contribution in [3.05, 3.63) is 70.2 Å². The van der Waals surface area contributed by atoms with Gasteiger partial charge in [-0.25, -0.2) is 0 Å². The molecular weight excluding hydrogens is 376 g/mol. The van der Waals surface area contributed by atoms with Crippen LogP contribution in [0, 0.1) is 0 Å². The van der Waals surface area contributed by atoms with Crippen molar-refractivity contribution in [2.24, 2.45) is 0 Å². The van der Waals surface area contributed by atoms with Crippen LogP contribution in [0.3, 0.4) is 0 Å². The van der Waals surface area contributed by atoms with Crippen LogP contribution in [0.1, 0.15) is 38.0 Å². The summed E-state index contributed by atoms with van der Waals surface area (Å²) in [6.07, 6.45) is 0. The molecule has 0 aliphatic carbocycles. The maximum atomic E-state index is 12.3. The van der Waals surface area contributed by atoms with E-state index in [1.165, 1.54) is 0 Å². The number of benzene rings is 2. The molecule has 1 aromatic heterocycles. The van der Waals surface area contributed by atoms with E-state index in [1.807, 2.05) is 37.3 Å². The van der Waals surface area contributed by atoms with Crippen LogP contribution < -0.4 is 15.4 Å². The Labute approximate surface area is 166 Å². The van der Waals surface area contributed by atoms with Crippen LogP contribution >= 0.6 is 11.3 Å². The van der Waals surface area contributed by atoms with Crippen LogP contribution in [0.25, 0.3) is 0 Å². The second-order valence-electron chi connectivity index (χ2n) is 6.12. The second-order valence-corrected chi connectivity index (χ2v) is 7.09. The minimum atomic E-state index is -0.417. The summed E-state index contributed by atoms with van der Waals surface area (Å²) in [5.41, 5.74) is 1.74. The highest BCUT2D eigenvalue weighted by Crippen LogP contribution is 2.18. The Morgan fingerprint density at radius 1 is 1.00 bits per heavy atom. The van der Waals surface area contributed by atoms with Gasteiger partial charge in [0.25, 0.3) is 11.8 Å². The van der Waals surface area contributed by atoms with Crippen molar-refractivity contribution in [3.63, 3.8) is 0 Å². The summed E-state index contributed by atoms with van der Waals surface area (Å²) in [6, 6.07) is 16.8. The van der Waals surface area contributed by atoms with Crippen molar-refractivity contribution >= 4 is 28.8 Å². The molecule has 0 fully saturated rings. The molecule has 0 aliphatic rings. The van der Waals surface area contributed by atoms with E-state index in [1.54, 1.807) is 31.4 Å². The van der Waals surface area contributed by atoms with Gasteiger partial charge in [0.05, 0.1) is 7.11 Å². The standard InChI is InChI=1S/C20H20N4O3S/c1-13(14-6-4-3-5-7-14)12-21-17(25)19-23-24-20(28-19)18(26)22-15-8-10-16(27-2)11-9-15/h3-11,13H,12H2,1-2H3,(H,21,25)(H,22,26). The summed E-state index contributed by atoms with van der Waals surface area (Å²) in [5, 5.41) is 13.5. The molecule has 8 heteroatoms. The Kier molecular flexibility index (Phi) is 6.33. The highest BCUT2D eigenvalue weighted by molar-refractivity contribution is 7.15. The highest BCUT2D eigenvalue weighted by atomic mass is 32.1. The van der Waals surface area contributed by atoms with Crippen LogP contribution in [0.2, 0.25) is 0 Å². The number of ether oxygens (including phenoxy) is 1. The third kappa shape index (κ3) is 4.92. The number of aromatic nitrogens is 2. The lowest BCUT2D eigenvalue weighted by atomic mass is 10.0. The Morgan fingerprint density at radius 3 is 2.29 bits per heavy atom. The number of methoxy groups -OCH3 is 1. The molecule has 1 unspecified atom stereocenters. The van der Waals surface area contributed by atoms with Crippen molar-refractivity contribution in [3.8, 4) is 5.75 Å². The van der Waals surface area contributed by atoms with Crippen molar-refractivity contribution in [2.75, 3.05) is 19.0 Å². The van der Waals surface area contributed by atoms with Gasteiger partial charge in [-0.2, -0.15) is 0 Å². The normalized spacial score (nSPS) is 11.5. The Morgan fingerprint density at radius 2 is 1.64 bits per heavy atom. The number of amides is 2. The van der Waals surface area contributed by atoms with E-state index in [9.17, 15) is 9.59 Å². The van der Waals surface area contributed by atoms with Gasteiger partial charge in [0.1, 0.15) is 5.75 Å². The van der Waals surface area contributed by atoms with Crippen LogP contribution in [0.15, 0.2) is 54.6 Å². The summed E-state index contributed by atoms with van der Waals surface area (Å²) in [5.74, 6) is 0.0941. The quantitative estimate of drug-likeness (QED) is 0.639. The van der Waals surface area contributed by atoms with Gasteiger partial charge in [0.2, 0.25) is 10.0 Å². The van der Waals surface area contributed by atoms with Gasteiger partial charge in [0, 0.05) is 12.2 Å². The lowest BCUT2D eigenvalue weighted by Gasteiger charge is -2.11. The van der Waals surface area contributed by atoms with Crippen molar-refractivity contribution < 1.29 is 14.3 Å². The molecule has 2 amide bonds. The van der Waals surface area contributed by atoms with E-state index in [0.29, 0.717) is 18.0 Å². The molecule has 3 rings (SSSR count). The number of hydrogen-bond acceptors (Lipinski definition) is 6. The zero-order valence-electron chi connectivity index (χ0n) is 15.5. The van der Waals surface area contributed by atoms with Gasteiger partial charge in [-0.3, -0.25) is 9.59 Å². The largest absolute Gasteiger partial charge is 0.497 e. The zero-order valence-corrected chi connectivity index (χ0v) is 16.3. The molecule has 0 saturated carbocycles. The predicted octanol–water partition coefficient (Wildman–Crippen LogP) is 3.33. The Hall–Kier alpha value is -3.26. The zero-order chi connectivity index (χ0) is 19.9. The molecule has 1 atom stereocenters. The second kappa shape index (κ2) is 9.09. The van der Waals surface area contributed by atoms with Gasteiger partial charge in [-0.1, -0.05) is 48.6 Å². The van der Waals surface area contributed by atoms with Gasteiger partial charge in [-0.05, 0) is 35.7 Å². The molecule has 2 N–H and O–H groups in total. The maximum Gasteiger partial charge on any atom is 0.286 e. The number of carbonyl (C=O) groups is 2. The van der Waals surface area contributed by atoms with Gasteiger partial charge in [0.15, 0.2) is 0 Å². The molecule has 144 valence electrons. The first-order valence-corrected chi connectivity index (χ1v) is 9.50. The number of anilines is 1. The average Bonchev–Trinajstić information content (AvgIpc) is 3.23. The lowest BCUT2D eigenvalue weighted by molar-refractivity contribution is 0.0949. The molecule has 28 heavy (non-hydrogen) atoms. The van der Waals surface area contributed by atoms with Crippen molar-refractivity contribution in [1.82, 2.24) is 15.5 Å². The first kappa shape index (κ1) is 19.5. The molecular formula is C20H20N4O3S. The van der Waals surface area contributed by atoms with Crippen LogP contribution in [0.5, 0.6) is 5.75 Å². The van der Waals surface area contributed by atoms with Gasteiger partial charge in [-0.15, -0.1) is 10.2 Å². The summed E-state index contributed by atoms with van der Waals surface area (Å²) in [6.45, 7) is 2.50. The van der Waals surface area contributed by atoms with Crippen LogP contribution in [0.4, 0.5) is 5.69 Å². The van der Waals surface area contributed by atoms with E-state index >= 15 is 0 Å². The maximum absolute atomic E-state index is 12.3. The summed E-state index contributed by atoms with van der Waals surface area (Å²) in [4.78, 5) is 24.6. The number of carbonyl (C=O) groups excluding carboxylic acids is 2. The third-order valence-electron chi connectivity index (χ3n) is 4.10.